The lowest BCUT2D eigenvalue weighted by atomic mass is 9.89. The topological polar surface area (TPSA) is 147 Å². The van der Waals surface area contributed by atoms with Crippen LogP contribution in [-0.4, -0.2) is 110 Å². The monoisotopic (exact) mass is 826 g/mol. The van der Waals surface area contributed by atoms with Crippen molar-refractivity contribution in [2.75, 3.05) is 34.4 Å². The van der Waals surface area contributed by atoms with Gasteiger partial charge < -0.3 is 39.8 Å². The summed E-state index contributed by atoms with van der Waals surface area (Å²) in [6, 6.07) is 23.1. The maximum Gasteiger partial charge on any atom is 0.407 e. The minimum absolute atomic E-state index is 0.00307. The van der Waals surface area contributed by atoms with Gasteiger partial charge in [0.05, 0.1) is 48.8 Å². The molecule has 0 bridgehead atoms. The van der Waals surface area contributed by atoms with Gasteiger partial charge in [-0.2, -0.15) is 0 Å². The van der Waals surface area contributed by atoms with Gasteiger partial charge in [-0.15, -0.1) is 0 Å². The standard InChI is InChI=1S/C48H66N4O8/c1-10-30(4)43(51(7)47(56)42(29(2)3)50-48(57)60-28-38-36-23-16-14-21-34(36)35-22-15-17-24-37(35)38)40(58-8)27-41(53)52-26-18-25-39(52)45(59-9)31(5)46(55)49-32(6)44(54)33-19-12-11-13-20-33/h11-17,19-24,29-32,38-40,42-45,54H,10,18,25-28H2,1-9H3,(H,49,55)(H,50,57)/t30-,31+,32+,39-,40?,42-,43-,44+,45+/m0/s1. The molecule has 3 aromatic carbocycles. The predicted octanol–water partition coefficient (Wildman–Crippen LogP) is 6.71. The lowest BCUT2D eigenvalue weighted by Crippen LogP contribution is -2.58. The highest BCUT2D eigenvalue weighted by atomic mass is 16.5. The van der Waals surface area contributed by atoms with Crippen LogP contribution in [0.5, 0.6) is 0 Å². The SMILES string of the molecule is CC[C@H](C)[C@@H](C(CC(=O)N1CCC[C@H]1[C@H](OC)[C@@H](C)C(=O)N[C@H](C)[C@@H](O)c1ccccc1)OC)N(C)C(=O)[C@@H](NC(=O)OCC1c2ccccc2-c2ccccc21)C(C)C. The summed E-state index contributed by atoms with van der Waals surface area (Å²) in [7, 11) is 4.81. The van der Waals surface area contributed by atoms with Gasteiger partial charge in [-0.3, -0.25) is 14.4 Å². The number of amides is 4. The van der Waals surface area contributed by atoms with Gasteiger partial charge in [-0.05, 0) is 59.4 Å². The largest absolute Gasteiger partial charge is 0.449 e. The molecule has 5 rings (SSSR count). The fraction of sp³-hybridized carbons (Fsp3) is 0.542. The summed E-state index contributed by atoms with van der Waals surface area (Å²) >= 11 is 0. The fourth-order valence-corrected chi connectivity index (χ4v) is 9.18. The molecular formula is C48H66N4O8. The highest BCUT2D eigenvalue weighted by Gasteiger charge is 2.43. The first-order valence-corrected chi connectivity index (χ1v) is 21.5. The number of nitrogens with zero attached hydrogens (tertiary/aromatic N) is 2. The molecule has 4 amide bonds. The molecule has 12 heteroatoms. The van der Waals surface area contributed by atoms with Gasteiger partial charge in [0, 0.05) is 33.7 Å². The van der Waals surface area contributed by atoms with Crippen molar-refractivity contribution >= 4 is 23.8 Å². The molecule has 1 fully saturated rings. The lowest BCUT2D eigenvalue weighted by molar-refractivity contribution is -0.147. The maximum atomic E-state index is 14.4. The van der Waals surface area contributed by atoms with E-state index in [1.807, 2.05) is 82.3 Å². The van der Waals surface area contributed by atoms with Crippen LogP contribution in [0.3, 0.4) is 0 Å². The second-order valence-electron chi connectivity index (χ2n) is 16.9. The van der Waals surface area contributed by atoms with E-state index in [0.29, 0.717) is 24.9 Å². The van der Waals surface area contributed by atoms with Crippen molar-refractivity contribution in [3.63, 3.8) is 0 Å². The highest BCUT2D eigenvalue weighted by molar-refractivity contribution is 5.86. The third-order valence-electron chi connectivity index (χ3n) is 12.8. The van der Waals surface area contributed by atoms with Gasteiger partial charge in [-0.25, -0.2) is 4.79 Å². The van der Waals surface area contributed by atoms with Crippen LogP contribution in [0.25, 0.3) is 11.1 Å². The summed E-state index contributed by atoms with van der Waals surface area (Å²) < 4.78 is 17.8. The Morgan fingerprint density at radius 2 is 1.45 bits per heavy atom. The van der Waals surface area contributed by atoms with E-state index in [9.17, 15) is 24.3 Å². The summed E-state index contributed by atoms with van der Waals surface area (Å²) in [5, 5.41) is 16.7. The summed E-state index contributed by atoms with van der Waals surface area (Å²) in [4.78, 5) is 59.0. The van der Waals surface area contributed by atoms with Crippen molar-refractivity contribution in [1.29, 1.82) is 0 Å². The van der Waals surface area contributed by atoms with E-state index >= 15 is 0 Å². The van der Waals surface area contributed by atoms with Crippen molar-refractivity contribution in [3.8, 4) is 11.1 Å². The summed E-state index contributed by atoms with van der Waals surface area (Å²) in [6.07, 6.45) is -0.692. The number of carbonyl (C=O) groups excluding carboxylic acids is 4. The van der Waals surface area contributed by atoms with Crippen molar-refractivity contribution in [3.05, 3.63) is 95.6 Å². The molecule has 0 aromatic heterocycles. The van der Waals surface area contributed by atoms with Crippen LogP contribution in [0.4, 0.5) is 4.79 Å². The molecule has 0 spiro atoms. The third-order valence-corrected chi connectivity index (χ3v) is 12.8. The molecule has 1 aliphatic heterocycles. The predicted molar refractivity (Wildman–Crippen MR) is 232 cm³/mol. The molecular weight excluding hydrogens is 761 g/mol. The first-order valence-electron chi connectivity index (χ1n) is 21.5. The lowest BCUT2D eigenvalue weighted by Gasteiger charge is -2.40. The second kappa shape index (κ2) is 21.1. The summed E-state index contributed by atoms with van der Waals surface area (Å²) in [5.74, 6) is -1.79. The number of hydrogen-bond acceptors (Lipinski definition) is 8. The first-order chi connectivity index (χ1) is 28.7. The molecule has 0 radical (unpaired) electrons. The number of methoxy groups -OCH3 is 2. The molecule has 1 heterocycles. The number of rotatable bonds is 19. The Bertz CT molecular complexity index is 1860. The molecule has 60 heavy (non-hydrogen) atoms. The van der Waals surface area contributed by atoms with Crippen LogP contribution < -0.4 is 10.6 Å². The average molecular weight is 827 g/mol. The normalized spacial score (nSPS) is 18.9. The average Bonchev–Trinajstić information content (AvgIpc) is 3.87. The van der Waals surface area contributed by atoms with Crippen molar-refractivity contribution < 1.29 is 38.5 Å². The minimum Gasteiger partial charge on any atom is -0.449 e. The molecule has 2 aliphatic rings. The number of aliphatic hydroxyl groups is 1. The van der Waals surface area contributed by atoms with Crippen LogP contribution in [0.1, 0.15) is 95.9 Å². The van der Waals surface area contributed by atoms with E-state index < -0.39 is 48.4 Å². The maximum absolute atomic E-state index is 14.4. The molecule has 1 aliphatic carbocycles. The molecule has 3 N–H and O–H groups in total. The second-order valence-corrected chi connectivity index (χ2v) is 16.9. The Morgan fingerprint density at radius 3 is 2.02 bits per heavy atom. The summed E-state index contributed by atoms with van der Waals surface area (Å²) in [5.41, 5.74) is 5.16. The van der Waals surface area contributed by atoms with Gasteiger partial charge in [-0.1, -0.05) is 120 Å². The van der Waals surface area contributed by atoms with E-state index in [1.54, 1.807) is 44.9 Å². The van der Waals surface area contributed by atoms with Gasteiger partial charge in [0.1, 0.15) is 12.6 Å². The Kier molecular flexibility index (Phi) is 16.3. The Morgan fingerprint density at radius 1 is 0.850 bits per heavy atom. The molecule has 1 unspecified atom stereocenters. The number of likely N-dealkylation sites (tertiary alicyclic amines) is 1. The van der Waals surface area contributed by atoms with Crippen LogP contribution in [-0.2, 0) is 28.6 Å². The van der Waals surface area contributed by atoms with Gasteiger partial charge in [0.2, 0.25) is 17.7 Å². The molecule has 3 aromatic rings. The van der Waals surface area contributed by atoms with Crippen LogP contribution >= 0.6 is 0 Å². The molecule has 9 atom stereocenters. The quantitative estimate of drug-likeness (QED) is 0.121. The molecule has 1 saturated heterocycles. The number of nitrogens with one attached hydrogen (secondary N) is 2. The number of hydrogen-bond donors (Lipinski definition) is 3. The Labute approximate surface area is 356 Å². The van der Waals surface area contributed by atoms with E-state index in [2.05, 4.69) is 34.9 Å². The Hall–Kier alpha value is -4.78. The molecule has 12 nitrogen and oxygen atoms in total. The van der Waals surface area contributed by atoms with Crippen molar-refractivity contribution in [2.24, 2.45) is 17.8 Å². The minimum atomic E-state index is -0.889. The van der Waals surface area contributed by atoms with Crippen LogP contribution in [0.15, 0.2) is 78.9 Å². The van der Waals surface area contributed by atoms with E-state index in [0.717, 1.165) is 28.7 Å². The zero-order valence-corrected chi connectivity index (χ0v) is 36.8. The van der Waals surface area contributed by atoms with Crippen LogP contribution in [0, 0.1) is 17.8 Å². The number of aliphatic hydroxyl groups excluding tert-OH is 1. The highest BCUT2D eigenvalue weighted by Crippen LogP contribution is 2.44. The van der Waals surface area contributed by atoms with E-state index in [1.165, 1.54) is 0 Å². The number of fused-ring (bicyclic) bond motifs is 3. The van der Waals surface area contributed by atoms with E-state index in [4.69, 9.17) is 14.2 Å². The number of alkyl carbamates (subject to hydrolysis) is 1. The third kappa shape index (κ3) is 10.4. The number of benzene rings is 3. The molecule has 0 saturated carbocycles. The van der Waals surface area contributed by atoms with Crippen molar-refractivity contribution in [1.82, 2.24) is 20.4 Å². The zero-order valence-electron chi connectivity index (χ0n) is 36.8. The van der Waals surface area contributed by atoms with Gasteiger partial charge in [0.15, 0.2) is 0 Å². The Balaban J connectivity index is 1.24. The van der Waals surface area contributed by atoms with Gasteiger partial charge in [0.25, 0.3) is 0 Å². The smallest absolute Gasteiger partial charge is 0.407 e. The van der Waals surface area contributed by atoms with Crippen LogP contribution in [0.2, 0.25) is 0 Å². The van der Waals surface area contributed by atoms with Crippen molar-refractivity contribution in [2.45, 2.75) is 116 Å². The first kappa shape index (κ1) is 46.3. The van der Waals surface area contributed by atoms with E-state index in [-0.39, 0.29) is 54.5 Å². The molecule has 326 valence electrons. The zero-order chi connectivity index (χ0) is 43.7. The number of carbonyl (C=O) groups is 4. The number of ether oxygens (including phenoxy) is 3. The summed E-state index contributed by atoms with van der Waals surface area (Å²) in [6.45, 7) is 12.0. The fourth-order valence-electron chi connectivity index (χ4n) is 9.18. The number of likely N-dealkylation sites (N-methyl/N-ethyl adjacent to an activating group) is 1. The van der Waals surface area contributed by atoms with Gasteiger partial charge >= 0.3 is 6.09 Å².